The number of nitrogens with zero attached hydrogens (tertiary/aromatic N) is 2. The van der Waals surface area contributed by atoms with E-state index in [0.717, 1.165) is 38.5 Å². The van der Waals surface area contributed by atoms with Gasteiger partial charge in [0.05, 0.1) is 25.4 Å². The van der Waals surface area contributed by atoms with Crippen LogP contribution in [0.2, 0.25) is 0 Å². The van der Waals surface area contributed by atoms with Crippen LogP contribution in [0.4, 0.5) is 5.69 Å². The van der Waals surface area contributed by atoms with Crippen LogP contribution in [-0.2, 0) is 11.3 Å². The lowest BCUT2D eigenvalue weighted by atomic mass is 10.1. The quantitative estimate of drug-likeness (QED) is 0.875. The molecular weight excluding hydrogens is 318 g/mol. The molecule has 2 aromatic rings. The predicted octanol–water partition coefficient (Wildman–Crippen LogP) is 2.56. The van der Waals surface area contributed by atoms with Crippen molar-refractivity contribution in [3.8, 4) is 5.88 Å². The zero-order valence-corrected chi connectivity index (χ0v) is 14.4. The molecule has 3 rings (SSSR count). The number of benzene rings is 1. The van der Waals surface area contributed by atoms with E-state index in [1.807, 2.05) is 25.1 Å². The molecule has 6 heteroatoms. The highest BCUT2D eigenvalue weighted by molar-refractivity contribution is 6.04. The summed E-state index contributed by atoms with van der Waals surface area (Å²) in [5.41, 5.74) is 2.45. The topological polar surface area (TPSA) is 63.7 Å². The van der Waals surface area contributed by atoms with Crippen LogP contribution in [0.1, 0.15) is 22.8 Å². The normalized spacial score (nSPS) is 14.9. The summed E-state index contributed by atoms with van der Waals surface area (Å²) in [5, 5.41) is 2.92. The maximum Gasteiger partial charge on any atom is 0.257 e. The lowest BCUT2D eigenvalue weighted by Gasteiger charge is -2.26. The Labute approximate surface area is 147 Å². The van der Waals surface area contributed by atoms with Crippen molar-refractivity contribution in [3.63, 3.8) is 0 Å². The Morgan fingerprint density at radius 2 is 2.12 bits per heavy atom. The minimum atomic E-state index is -0.181. The van der Waals surface area contributed by atoms with E-state index in [-0.39, 0.29) is 5.91 Å². The van der Waals surface area contributed by atoms with E-state index in [1.54, 1.807) is 12.1 Å². The number of nitrogens with one attached hydrogen (secondary N) is 1. The average molecular weight is 341 g/mol. The van der Waals surface area contributed by atoms with Crippen molar-refractivity contribution in [1.82, 2.24) is 9.88 Å². The van der Waals surface area contributed by atoms with Gasteiger partial charge in [-0.05, 0) is 30.7 Å². The number of rotatable bonds is 6. The van der Waals surface area contributed by atoms with Crippen molar-refractivity contribution >= 4 is 11.6 Å². The van der Waals surface area contributed by atoms with Gasteiger partial charge in [-0.1, -0.05) is 12.1 Å². The van der Waals surface area contributed by atoms with Crippen LogP contribution in [-0.4, -0.2) is 48.7 Å². The summed E-state index contributed by atoms with van der Waals surface area (Å²) in [6, 6.07) is 11.3. The fraction of sp³-hybridized carbons (Fsp3) is 0.368. The van der Waals surface area contributed by atoms with Crippen molar-refractivity contribution in [2.75, 3.05) is 38.2 Å². The molecule has 132 valence electrons. The van der Waals surface area contributed by atoms with Gasteiger partial charge >= 0.3 is 0 Å². The summed E-state index contributed by atoms with van der Waals surface area (Å²) in [5.74, 6) is 0.339. The molecule has 1 aromatic carbocycles. The van der Waals surface area contributed by atoms with Gasteiger partial charge in [0.15, 0.2) is 0 Å². The molecule has 0 radical (unpaired) electrons. The number of pyridine rings is 1. The third kappa shape index (κ3) is 5.01. The second-order valence-electron chi connectivity index (χ2n) is 5.86. The van der Waals surface area contributed by atoms with Crippen LogP contribution in [0, 0.1) is 0 Å². The summed E-state index contributed by atoms with van der Waals surface area (Å²) >= 11 is 0. The number of carbonyl (C=O) groups is 1. The SMILES string of the molecule is CCOc1ccc(C(=O)Nc2cccc(CN3CCOCC3)c2)cn1. The van der Waals surface area contributed by atoms with Crippen LogP contribution in [0.5, 0.6) is 5.88 Å². The Hall–Kier alpha value is -2.44. The van der Waals surface area contributed by atoms with Gasteiger partial charge in [0.2, 0.25) is 5.88 Å². The first-order valence-electron chi connectivity index (χ1n) is 8.54. The van der Waals surface area contributed by atoms with Gasteiger partial charge in [-0.3, -0.25) is 9.69 Å². The van der Waals surface area contributed by atoms with Gasteiger partial charge in [-0.25, -0.2) is 4.98 Å². The van der Waals surface area contributed by atoms with Gasteiger partial charge in [0.1, 0.15) is 0 Å². The van der Waals surface area contributed by atoms with Crippen molar-refractivity contribution in [1.29, 1.82) is 0 Å². The maximum atomic E-state index is 12.4. The fourth-order valence-corrected chi connectivity index (χ4v) is 2.72. The van der Waals surface area contributed by atoms with E-state index in [4.69, 9.17) is 9.47 Å². The van der Waals surface area contributed by atoms with E-state index in [2.05, 4.69) is 21.3 Å². The minimum Gasteiger partial charge on any atom is -0.478 e. The highest BCUT2D eigenvalue weighted by atomic mass is 16.5. The highest BCUT2D eigenvalue weighted by Crippen LogP contribution is 2.15. The summed E-state index contributed by atoms with van der Waals surface area (Å²) in [6.45, 7) is 6.74. The molecule has 1 N–H and O–H groups in total. The van der Waals surface area contributed by atoms with Crippen LogP contribution < -0.4 is 10.1 Å². The number of morpholine rings is 1. The van der Waals surface area contributed by atoms with Crippen LogP contribution >= 0.6 is 0 Å². The molecule has 2 heterocycles. The first-order chi connectivity index (χ1) is 12.2. The fourth-order valence-electron chi connectivity index (χ4n) is 2.72. The van der Waals surface area contributed by atoms with Gasteiger partial charge in [-0.2, -0.15) is 0 Å². The number of anilines is 1. The monoisotopic (exact) mass is 341 g/mol. The molecule has 25 heavy (non-hydrogen) atoms. The van der Waals surface area contributed by atoms with Crippen LogP contribution in [0.15, 0.2) is 42.6 Å². The molecule has 1 aliphatic heterocycles. The molecule has 0 saturated carbocycles. The molecule has 0 aliphatic carbocycles. The molecule has 0 spiro atoms. The van der Waals surface area contributed by atoms with Gasteiger partial charge in [0, 0.05) is 37.6 Å². The van der Waals surface area contributed by atoms with Crippen LogP contribution in [0.25, 0.3) is 0 Å². The number of carbonyl (C=O) groups excluding carboxylic acids is 1. The Morgan fingerprint density at radius 1 is 1.28 bits per heavy atom. The van der Waals surface area contributed by atoms with Gasteiger partial charge < -0.3 is 14.8 Å². The van der Waals surface area contributed by atoms with Crippen LogP contribution in [0.3, 0.4) is 0 Å². The standard InChI is InChI=1S/C19H23N3O3/c1-2-25-18-7-6-16(13-20-18)19(23)21-17-5-3-4-15(12-17)14-22-8-10-24-11-9-22/h3-7,12-13H,2,8-11,14H2,1H3,(H,21,23). The van der Waals surface area contributed by atoms with Crippen molar-refractivity contribution in [2.45, 2.75) is 13.5 Å². The molecular formula is C19H23N3O3. The third-order valence-electron chi connectivity index (χ3n) is 3.99. The minimum absolute atomic E-state index is 0.181. The second kappa shape index (κ2) is 8.60. The van der Waals surface area contributed by atoms with E-state index >= 15 is 0 Å². The molecule has 1 fully saturated rings. The molecule has 0 unspecified atom stereocenters. The Bertz CT molecular complexity index is 697. The molecule has 1 aliphatic rings. The number of hydrogen-bond donors (Lipinski definition) is 1. The molecule has 1 saturated heterocycles. The number of aromatic nitrogens is 1. The molecule has 0 atom stereocenters. The average Bonchev–Trinajstić information content (AvgIpc) is 2.64. The summed E-state index contributed by atoms with van der Waals surface area (Å²) in [6.07, 6.45) is 1.53. The number of hydrogen-bond acceptors (Lipinski definition) is 5. The summed E-state index contributed by atoms with van der Waals surface area (Å²) < 4.78 is 10.7. The lowest BCUT2D eigenvalue weighted by Crippen LogP contribution is -2.35. The zero-order chi connectivity index (χ0) is 17.5. The largest absolute Gasteiger partial charge is 0.478 e. The Kier molecular flexibility index (Phi) is 5.98. The third-order valence-corrected chi connectivity index (χ3v) is 3.99. The Morgan fingerprint density at radius 3 is 2.84 bits per heavy atom. The highest BCUT2D eigenvalue weighted by Gasteiger charge is 2.12. The molecule has 0 bridgehead atoms. The Balaban J connectivity index is 1.61. The van der Waals surface area contributed by atoms with E-state index in [9.17, 15) is 4.79 Å². The van der Waals surface area contributed by atoms with Crippen molar-refractivity contribution in [2.24, 2.45) is 0 Å². The predicted molar refractivity (Wildman–Crippen MR) is 95.9 cm³/mol. The molecule has 1 amide bonds. The summed E-state index contributed by atoms with van der Waals surface area (Å²) in [7, 11) is 0. The number of ether oxygens (including phenoxy) is 2. The van der Waals surface area contributed by atoms with Gasteiger partial charge in [-0.15, -0.1) is 0 Å². The van der Waals surface area contributed by atoms with E-state index in [1.165, 1.54) is 11.8 Å². The van der Waals surface area contributed by atoms with E-state index < -0.39 is 0 Å². The molecule has 1 aromatic heterocycles. The first kappa shape index (κ1) is 17.4. The summed E-state index contributed by atoms with van der Waals surface area (Å²) in [4.78, 5) is 18.8. The number of amides is 1. The maximum absolute atomic E-state index is 12.4. The lowest BCUT2D eigenvalue weighted by molar-refractivity contribution is 0.0342. The second-order valence-corrected chi connectivity index (χ2v) is 5.86. The van der Waals surface area contributed by atoms with E-state index in [0.29, 0.717) is 18.1 Å². The smallest absolute Gasteiger partial charge is 0.257 e. The first-order valence-corrected chi connectivity index (χ1v) is 8.54. The molecule has 6 nitrogen and oxygen atoms in total. The van der Waals surface area contributed by atoms with Gasteiger partial charge in [0.25, 0.3) is 5.91 Å². The zero-order valence-electron chi connectivity index (χ0n) is 14.4. The van der Waals surface area contributed by atoms with Crippen molar-refractivity contribution in [3.05, 3.63) is 53.7 Å². The van der Waals surface area contributed by atoms with Crippen molar-refractivity contribution < 1.29 is 14.3 Å².